The summed E-state index contributed by atoms with van der Waals surface area (Å²) in [6, 6.07) is 4.31. The molecule has 2 atom stereocenters. The van der Waals surface area contributed by atoms with E-state index in [0.29, 0.717) is 0 Å². The summed E-state index contributed by atoms with van der Waals surface area (Å²) >= 11 is 0. The average molecular weight is 353 g/mol. The van der Waals surface area contributed by atoms with Crippen LogP contribution in [0.5, 0.6) is 0 Å². The van der Waals surface area contributed by atoms with Crippen LogP contribution in [0, 0.1) is 23.5 Å². The van der Waals surface area contributed by atoms with E-state index in [1.807, 2.05) is 0 Å². The van der Waals surface area contributed by atoms with E-state index < -0.39 is 11.6 Å². The zero-order valence-electron chi connectivity index (χ0n) is 16.6. The van der Waals surface area contributed by atoms with Crippen molar-refractivity contribution in [3.8, 4) is 0 Å². The van der Waals surface area contributed by atoms with E-state index in [0.717, 1.165) is 30.2 Å². The molecule has 0 aliphatic rings. The van der Waals surface area contributed by atoms with Gasteiger partial charge in [-0.25, -0.2) is 8.78 Å². The van der Waals surface area contributed by atoms with Crippen molar-refractivity contribution in [2.75, 3.05) is 0 Å². The zero-order chi connectivity index (χ0) is 18.5. The van der Waals surface area contributed by atoms with Crippen LogP contribution in [0.15, 0.2) is 18.2 Å². The van der Waals surface area contributed by atoms with Gasteiger partial charge in [-0.3, -0.25) is 0 Å². The van der Waals surface area contributed by atoms with Gasteiger partial charge in [-0.15, -0.1) is 0 Å². The molecule has 0 N–H and O–H groups in total. The van der Waals surface area contributed by atoms with E-state index in [2.05, 4.69) is 20.8 Å². The summed E-state index contributed by atoms with van der Waals surface area (Å²) in [7, 11) is 0. The summed E-state index contributed by atoms with van der Waals surface area (Å²) in [6.45, 7) is 6.91. The number of benzene rings is 1. The van der Waals surface area contributed by atoms with Crippen LogP contribution in [0.1, 0.15) is 97.0 Å². The Morgan fingerprint density at radius 3 is 2.12 bits per heavy atom. The Hall–Kier alpha value is -0.920. The fourth-order valence-electron chi connectivity index (χ4n) is 3.87. The van der Waals surface area contributed by atoms with Crippen molar-refractivity contribution >= 4 is 0 Å². The molecule has 0 aromatic heterocycles. The molecule has 0 bridgehead atoms. The third-order valence-electron chi connectivity index (χ3n) is 5.35. The first kappa shape index (κ1) is 22.1. The first-order valence-corrected chi connectivity index (χ1v) is 10.5. The molecule has 0 saturated heterocycles. The second-order valence-electron chi connectivity index (χ2n) is 7.83. The SMILES string of the molecule is CCCC(C)CCCCCC(CCC)CCCc1ccc(F)c(F)c1. The lowest BCUT2D eigenvalue weighted by molar-refractivity contribution is 0.378. The Morgan fingerprint density at radius 2 is 1.44 bits per heavy atom. The fourth-order valence-corrected chi connectivity index (χ4v) is 3.87. The van der Waals surface area contributed by atoms with Crippen molar-refractivity contribution in [1.29, 1.82) is 0 Å². The fraction of sp³-hybridized carbons (Fsp3) is 0.739. The Balaban J connectivity index is 2.21. The van der Waals surface area contributed by atoms with E-state index in [1.165, 1.54) is 76.3 Å². The van der Waals surface area contributed by atoms with Crippen molar-refractivity contribution < 1.29 is 8.78 Å². The maximum absolute atomic E-state index is 13.3. The largest absolute Gasteiger partial charge is 0.204 e. The van der Waals surface area contributed by atoms with Gasteiger partial charge in [0.05, 0.1) is 0 Å². The average Bonchev–Trinajstić information content (AvgIpc) is 2.58. The number of halogens is 2. The first-order chi connectivity index (χ1) is 12.1. The van der Waals surface area contributed by atoms with E-state index >= 15 is 0 Å². The molecule has 1 aromatic rings. The predicted octanol–water partition coefficient (Wildman–Crippen LogP) is 8.09. The van der Waals surface area contributed by atoms with Gasteiger partial charge in [-0.2, -0.15) is 0 Å². The molecule has 144 valence electrons. The van der Waals surface area contributed by atoms with Gasteiger partial charge in [0, 0.05) is 0 Å². The standard InChI is InChI=1S/C23H38F2/c1-4-10-19(3)12-7-6-8-13-20(11-5-2)14-9-15-21-16-17-22(24)23(25)18-21/h16-20H,4-15H2,1-3H3. The molecule has 2 heteroatoms. The molecule has 0 radical (unpaired) electrons. The minimum Gasteiger partial charge on any atom is -0.204 e. The molecule has 1 rings (SSSR count). The number of unbranched alkanes of at least 4 members (excludes halogenated alkanes) is 2. The van der Waals surface area contributed by atoms with E-state index in [-0.39, 0.29) is 0 Å². The van der Waals surface area contributed by atoms with Crippen LogP contribution >= 0.6 is 0 Å². The second-order valence-corrected chi connectivity index (χ2v) is 7.83. The summed E-state index contributed by atoms with van der Waals surface area (Å²) in [6.07, 6.45) is 15.1. The molecule has 0 fully saturated rings. The summed E-state index contributed by atoms with van der Waals surface area (Å²) in [5.41, 5.74) is 0.916. The molecule has 0 spiro atoms. The van der Waals surface area contributed by atoms with Crippen LogP contribution in [0.2, 0.25) is 0 Å². The Labute approximate surface area is 154 Å². The van der Waals surface area contributed by atoms with Gasteiger partial charge < -0.3 is 0 Å². The van der Waals surface area contributed by atoms with Crippen molar-refractivity contribution in [3.05, 3.63) is 35.4 Å². The van der Waals surface area contributed by atoms with Gasteiger partial charge in [-0.05, 0) is 42.4 Å². The maximum atomic E-state index is 13.3. The zero-order valence-corrected chi connectivity index (χ0v) is 16.6. The number of hydrogen-bond acceptors (Lipinski definition) is 0. The van der Waals surface area contributed by atoms with E-state index in [4.69, 9.17) is 0 Å². The van der Waals surface area contributed by atoms with Gasteiger partial charge in [0.25, 0.3) is 0 Å². The molecule has 1 aromatic carbocycles. The highest BCUT2D eigenvalue weighted by Gasteiger charge is 2.09. The molecule has 0 aliphatic heterocycles. The topological polar surface area (TPSA) is 0 Å². The lowest BCUT2D eigenvalue weighted by atomic mass is 9.90. The van der Waals surface area contributed by atoms with Gasteiger partial charge in [-0.1, -0.05) is 91.0 Å². The molecule has 25 heavy (non-hydrogen) atoms. The Kier molecular flexibility index (Phi) is 11.8. The van der Waals surface area contributed by atoms with Crippen molar-refractivity contribution in [2.24, 2.45) is 11.8 Å². The normalized spacial score (nSPS) is 13.8. The highest BCUT2D eigenvalue weighted by atomic mass is 19.2. The van der Waals surface area contributed by atoms with Gasteiger partial charge in [0.1, 0.15) is 0 Å². The molecular weight excluding hydrogens is 314 g/mol. The summed E-state index contributed by atoms with van der Waals surface area (Å²) in [5, 5.41) is 0. The minimum absolute atomic E-state index is 0.722. The number of aryl methyl sites for hydroxylation is 1. The van der Waals surface area contributed by atoms with Crippen LogP contribution in [0.3, 0.4) is 0 Å². The van der Waals surface area contributed by atoms with Crippen LogP contribution in [-0.4, -0.2) is 0 Å². The number of hydrogen-bond donors (Lipinski definition) is 0. The Morgan fingerprint density at radius 1 is 0.760 bits per heavy atom. The van der Waals surface area contributed by atoms with Crippen LogP contribution in [0.4, 0.5) is 8.78 Å². The molecular formula is C23H38F2. The van der Waals surface area contributed by atoms with Gasteiger partial charge >= 0.3 is 0 Å². The van der Waals surface area contributed by atoms with Crippen LogP contribution < -0.4 is 0 Å². The van der Waals surface area contributed by atoms with Crippen molar-refractivity contribution in [3.63, 3.8) is 0 Å². The number of rotatable bonds is 14. The molecule has 0 nitrogen and oxygen atoms in total. The summed E-state index contributed by atoms with van der Waals surface area (Å²) < 4.78 is 26.2. The Bertz CT molecular complexity index is 455. The minimum atomic E-state index is -0.749. The summed E-state index contributed by atoms with van der Waals surface area (Å²) in [5.74, 6) is 0.205. The lowest BCUT2D eigenvalue weighted by Crippen LogP contribution is -2.02. The molecule has 0 amide bonds. The molecule has 0 saturated carbocycles. The predicted molar refractivity (Wildman–Crippen MR) is 105 cm³/mol. The van der Waals surface area contributed by atoms with E-state index in [1.54, 1.807) is 6.07 Å². The van der Waals surface area contributed by atoms with Crippen molar-refractivity contribution in [1.82, 2.24) is 0 Å². The van der Waals surface area contributed by atoms with Gasteiger partial charge in [0.15, 0.2) is 11.6 Å². The summed E-state index contributed by atoms with van der Waals surface area (Å²) in [4.78, 5) is 0. The van der Waals surface area contributed by atoms with E-state index in [9.17, 15) is 8.78 Å². The third-order valence-corrected chi connectivity index (χ3v) is 5.35. The third kappa shape index (κ3) is 9.97. The lowest BCUT2D eigenvalue weighted by Gasteiger charge is -2.16. The smallest absolute Gasteiger partial charge is 0.159 e. The molecule has 2 unspecified atom stereocenters. The second kappa shape index (κ2) is 13.3. The van der Waals surface area contributed by atoms with Crippen LogP contribution in [-0.2, 0) is 6.42 Å². The quantitative estimate of drug-likeness (QED) is 0.297. The molecule has 0 aliphatic carbocycles. The van der Waals surface area contributed by atoms with Gasteiger partial charge in [0.2, 0.25) is 0 Å². The highest BCUT2D eigenvalue weighted by molar-refractivity contribution is 5.17. The highest BCUT2D eigenvalue weighted by Crippen LogP contribution is 2.23. The first-order valence-electron chi connectivity index (χ1n) is 10.5. The van der Waals surface area contributed by atoms with Crippen LogP contribution in [0.25, 0.3) is 0 Å². The molecule has 0 heterocycles. The van der Waals surface area contributed by atoms with Crippen molar-refractivity contribution in [2.45, 2.75) is 97.8 Å². The monoisotopic (exact) mass is 352 g/mol. The maximum Gasteiger partial charge on any atom is 0.159 e.